The number of hydrogen-bond donors (Lipinski definition) is 2. The van der Waals surface area contributed by atoms with Crippen LogP contribution in [-0.2, 0) is 4.79 Å². The molecule has 4 aromatic rings. The second-order valence-corrected chi connectivity index (χ2v) is 10.1. The van der Waals surface area contributed by atoms with Crippen LogP contribution in [0.4, 0.5) is 11.5 Å². The van der Waals surface area contributed by atoms with E-state index in [0.717, 1.165) is 31.5 Å². The smallest absolute Gasteiger partial charge is 0.259 e. The van der Waals surface area contributed by atoms with Crippen molar-refractivity contribution >= 4 is 34.4 Å². The van der Waals surface area contributed by atoms with Crippen molar-refractivity contribution in [3.8, 4) is 17.0 Å². The first kappa shape index (κ1) is 24.6. The van der Waals surface area contributed by atoms with Crippen LogP contribution in [-0.4, -0.2) is 56.7 Å². The molecule has 2 aromatic carbocycles. The van der Waals surface area contributed by atoms with Crippen molar-refractivity contribution in [3.63, 3.8) is 0 Å². The number of amides is 2. The number of anilines is 2. The lowest BCUT2D eigenvalue weighted by atomic mass is 10.0. The van der Waals surface area contributed by atoms with Crippen LogP contribution in [0.2, 0.25) is 0 Å². The van der Waals surface area contributed by atoms with Gasteiger partial charge in [0.2, 0.25) is 5.91 Å². The fourth-order valence-electron chi connectivity index (χ4n) is 5.97. The van der Waals surface area contributed by atoms with E-state index in [1.165, 1.54) is 19.5 Å². The summed E-state index contributed by atoms with van der Waals surface area (Å²) < 4.78 is 7.57. The summed E-state index contributed by atoms with van der Waals surface area (Å²) >= 11 is 0. The Morgan fingerprint density at radius 1 is 1.10 bits per heavy atom. The second kappa shape index (κ2) is 9.86. The summed E-state index contributed by atoms with van der Waals surface area (Å²) in [6.45, 7) is 5.09. The number of para-hydroxylation sites is 1. The number of hydrogen-bond acceptors (Lipinski definition) is 7. The van der Waals surface area contributed by atoms with Crippen molar-refractivity contribution in [2.24, 2.45) is 11.8 Å². The molecule has 3 N–H and O–H groups in total. The molecule has 1 aliphatic heterocycles. The first-order valence-electron chi connectivity index (χ1n) is 12.9. The Morgan fingerprint density at radius 2 is 1.85 bits per heavy atom. The van der Waals surface area contributed by atoms with E-state index < -0.39 is 0 Å². The average Bonchev–Trinajstić information content (AvgIpc) is 3.65. The van der Waals surface area contributed by atoms with Crippen LogP contribution in [0.1, 0.15) is 29.2 Å². The van der Waals surface area contributed by atoms with E-state index in [1.54, 1.807) is 12.1 Å². The van der Waals surface area contributed by atoms with Gasteiger partial charge in [-0.15, -0.1) is 0 Å². The molecule has 0 bridgehead atoms. The fraction of sp³-hybridized carbons (Fsp3) is 0.276. The number of carbonyl (C=O) groups excluding carboxylic acids is 2. The van der Waals surface area contributed by atoms with Gasteiger partial charge in [0, 0.05) is 24.3 Å². The Labute approximate surface area is 225 Å². The number of methoxy groups -OCH3 is 1. The summed E-state index contributed by atoms with van der Waals surface area (Å²) in [4.78, 5) is 35.8. The van der Waals surface area contributed by atoms with Crippen LogP contribution < -0.4 is 15.8 Å². The molecular weight excluding hydrogens is 494 g/mol. The van der Waals surface area contributed by atoms with Gasteiger partial charge in [0.15, 0.2) is 5.65 Å². The van der Waals surface area contributed by atoms with E-state index in [1.807, 2.05) is 46.0 Å². The van der Waals surface area contributed by atoms with Gasteiger partial charge >= 0.3 is 0 Å². The number of rotatable bonds is 6. The van der Waals surface area contributed by atoms with Crippen molar-refractivity contribution < 1.29 is 14.3 Å². The maximum Gasteiger partial charge on any atom is 0.259 e. The minimum atomic E-state index is -0.274. The summed E-state index contributed by atoms with van der Waals surface area (Å²) in [5.41, 5.74) is 9.50. The SMILES string of the molecule is C=CC(=O)N1CC2CC(n3nc(-c4ccc(C(=O)Nc5ccccc5)c(OC)c4)c4c(N)ncnc43)CC2C1. The van der Waals surface area contributed by atoms with Gasteiger partial charge in [-0.3, -0.25) is 9.59 Å². The predicted octanol–water partition coefficient (Wildman–Crippen LogP) is 3.93. The zero-order valence-electron chi connectivity index (χ0n) is 21.6. The molecule has 2 unspecified atom stereocenters. The number of nitrogens with two attached hydrogens (primary N) is 1. The van der Waals surface area contributed by atoms with Crippen molar-refractivity contribution in [1.82, 2.24) is 24.6 Å². The Balaban J connectivity index is 1.33. The zero-order chi connectivity index (χ0) is 27.1. The lowest BCUT2D eigenvalue weighted by Crippen LogP contribution is -2.28. The summed E-state index contributed by atoms with van der Waals surface area (Å²) in [7, 11) is 1.53. The summed E-state index contributed by atoms with van der Waals surface area (Å²) in [6.07, 6.45) is 4.63. The number of likely N-dealkylation sites (tertiary alicyclic amines) is 1. The van der Waals surface area contributed by atoms with Crippen molar-refractivity contribution in [3.05, 3.63) is 73.1 Å². The third kappa shape index (κ3) is 4.37. The van der Waals surface area contributed by atoms with E-state index in [9.17, 15) is 9.59 Å². The molecule has 1 saturated carbocycles. The van der Waals surface area contributed by atoms with Gasteiger partial charge in [-0.1, -0.05) is 30.8 Å². The molecule has 2 amide bonds. The standard InChI is InChI=1S/C29H29N7O3/c1-3-24(37)35-14-18-11-21(12-19(18)15-35)36-28-25(27(30)31-16-32-28)26(34-36)17-9-10-22(23(13-17)39-2)29(38)33-20-7-5-4-6-8-20/h3-10,13,16,18-19,21H,1,11-12,14-15H2,2H3,(H,33,38)(H2,30,31,32). The van der Waals surface area contributed by atoms with E-state index in [0.29, 0.717) is 51.4 Å². The molecular formula is C29H29N7O3. The maximum atomic E-state index is 13.0. The quantitative estimate of drug-likeness (QED) is 0.367. The molecule has 2 fully saturated rings. The molecule has 0 radical (unpaired) electrons. The Hall–Kier alpha value is -4.73. The number of nitrogens with zero attached hydrogens (tertiary/aromatic N) is 5. The molecule has 2 aromatic heterocycles. The third-order valence-electron chi connectivity index (χ3n) is 7.83. The fourth-order valence-corrected chi connectivity index (χ4v) is 5.97. The van der Waals surface area contributed by atoms with Crippen LogP contribution in [0.15, 0.2) is 67.5 Å². The van der Waals surface area contributed by atoms with Gasteiger partial charge in [0.05, 0.1) is 24.1 Å². The Kier molecular flexibility index (Phi) is 6.22. The third-order valence-corrected chi connectivity index (χ3v) is 7.83. The lowest BCUT2D eigenvalue weighted by molar-refractivity contribution is -0.125. The topological polar surface area (TPSA) is 128 Å². The normalized spacial score (nSPS) is 20.1. The number of carbonyl (C=O) groups is 2. The van der Waals surface area contributed by atoms with E-state index in [-0.39, 0.29) is 17.9 Å². The molecule has 2 aliphatic rings. The summed E-state index contributed by atoms with van der Waals surface area (Å²) in [6, 6.07) is 14.7. The average molecular weight is 524 g/mol. The highest BCUT2D eigenvalue weighted by atomic mass is 16.5. The maximum absolute atomic E-state index is 13.0. The van der Waals surface area contributed by atoms with E-state index >= 15 is 0 Å². The highest BCUT2D eigenvalue weighted by molar-refractivity contribution is 6.07. The van der Waals surface area contributed by atoms with Crippen LogP contribution in [0, 0.1) is 11.8 Å². The molecule has 39 heavy (non-hydrogen) atoms. The molecule has 6 rings (SSSR count). The highest BCUT2D eigenvalue weighted by Crippen LogP contribution is 2.45. The van der Waals surface area contributed by atoms with Crippen LogP contribution in [0.5, 0.6) is 5.75 Å². The van der Waals surface area contributed by atoms with Gasteiger partial charge in [0.25, 0.3) is 5.91 Å². The first-order chi connectivity index (χ1) is 19.0. The number of ether oxygens (including phenoxy) is 1. The van der Waals surface area contributed by atoms with Gasteiger partial charge in [-0.05, 0) is 55.0 Å². The first-order valence-corrected chi connectivity index (χ1v) is 12.9. The minimum Gasteiger partial charge on any atom is -0.496 e. The number of benzene rings is 2. The van der Waals surface area contributed by atoms with Gasteiger partial charge in [-0.25, -0.2) is 14.6 Å². The molecule has 2 atom stereocenters. The van der Waals surface area contributed by atoms with Crippen LogP contribution >= 0.6 is 0 Å². The highest BCUT2D eigenvalue weighted by Gasteiger charge is 2.43. The van der Waals surface area contributed by atoms with E-state index in [2.05, 4.69) is 21.9 Å². The molecule has 10 nitrogen and oxygen atoms in total. The molecule has 0 spiro atoms. The van der Waals surface area contributed by atoms with Crippen LogP contribution in [0.3, 0.4) is 0 Å². The minimum absolute atomic E-state index is 0.0110. The lowest BCUT2D eigenvalue weighted by Gasteiger charge is -2.18. The Bertz CT molecular complexity index is 1570. The van der Waals surface area contributed by atoms with E-state index in [4.69, 9.17) is 15.6 Å². The number of aromatic nitrogens is 4. The molecule has 1 aliphatic carbocycles. The zero-order valence-corrected chi connectivity index (χ0v) is 21.6. The molecule has 3 heterocycles. The number of fused-ring (bicyclic) bond motifs is 2. The van der Waals surface area contributed by atoms with Gasteiger partial charge in [-0.2, -0.15) is 5.10 Å². The van der Waals surface area contributed by atoms with Crippen molar-refractivity contribution in [1.29, 1.82) is 0 Å². The summed E-state index contributed by atoms with van der Waals surface area (Å²) in [5.74, 6) is 1.28. The number of nitrogens with one attached hydrogen (secondary N) is 1. The second-order valence-electron chi connectivity index (χ2n) is 10.1. The molecule has 1 saturated heterocycles. The van der Waals surface area contributed by atoms with Gasteiger partial charge < -0.3 is 20.7 Å². The summed E-state index contributed by atoms with van der Waals surface area (Å²) in [5, 5.41) is 8.56. The largest absolute Gasteiger partial charge is 0.496 e. The monoisotopic (exact) mass is 523 g/mol. The predicted molar refractivity (Wildman–Crippen MR) is 148 cm³/mol. The molecule has 198 valence electrons. The van der Waals surface area contributed by atoms with Crippen LogP contribution in [0.25, 0.3) is 22.3 Å². The van der Waals surface area contributed by atoms with Gasteiger partial charge in [0.1, 0.15) is 23.6 Å². The Morgan fingerprint density at radius 3 is 2.54 bits per heavy atom. The van der Waals surface area contributed by atoms with Crippen molar-refractivity contribution in [2.75, 3.05) is 31.2 Å². The molecule has 10 heteroatoms. The van der Waals surface area contributed by atoms with Crippen molar-refractivity contribution in [2.45, 2.75) is 18.9 Å². The number of nitrogen functional groups attached to an aromatic ring is 1.